The van der Waals surface area contributed by atoms with Crippen molar-refractivity contribution >= 4 is 27.3 Å². The second-order valence-electron chi connectivity index (χ2n) is 4.98. The molecule has 0 bridgehead atoms. The molecule has 0 aliphatic rings. The number of hydrogen-bond donors (Lipinski definition) is 1. The van der Waals surface area contributed by atoms with Gasteiger partial charge in [-0.2, -0.15) is 4.31 Å². The molecule has 2 rings (SSSR count). The molecule has 0 saturated heterocycles. The normalized spacial score (nSPS) is 11.6. The third kappa shape index (κ3) is 4.09. The topological polar surface area (TPSA) is 107 Å². The minimum Gasteiger partial charge on any atom is -0.329 e. The van der Waals surface area contributed by atoms with Crippen LogP contribution < -0.4 is 5.73 Å². The lowest BCUT2D eigenvalue weighted by Crippen LogP contribution is -2.35. The van der Waals surface area contributed by atoms with Crippen molar-refractivity contribution in [2.24, 2.45) is 5.73 Å². The number of hydrogen-bond acceptors (Lipinski definition) is 5. The van der Waals surface area contributed by atoms with Crippen molar-refractivity contribution in [3.8, 4) is 0 Å². The number of non-ortho nitro benzene ring substituents is 1. The van der Waals surface area contributed by atoms with E-state index in [1.807, 2.05) is 6.07 Å². The fraction of sp³-hybridized carbons (Fsp3) is 0.200. The smallest absolute Gasteiger partial charge is 0.270 e. The van der Waals surface area contributed by atoms with Crippen LogP contribution in [0.5, 0.6) is 0 Å². The SMILES string of the molecule is NCCN(Cc1ccccc1)S(=O)(=O)c1cc([N+](=O)[O-])ccc1Cl. The highest BCUT2D eigenvalue weighted by molar-refractivity contribution is 7.89. The van der Waals surface area contributed by atoms with Crippen molar-refractivity contribution < 1.29 is 13.3 Å². The zero-order valence-corrected chi connectivity index (χ0v) is 14.2. The Morgan fingerprint density at radius 3 is 2.42 bits per heavy atom. The maximum Gasteiger partial charge on any atom is 0.270 e. The van der Waals surface area contributed by atoms with E-state index in [2.05, 4.69) is 0 Å². The minimum atomic E-state index is -4.03. The van der Waals surface area contributed by atoms with Crippen LogP contribution >= 0.6 is 11.6 Å². The molecule has 9 heteroatoms. The standard InChI is InChI=1S/C15H16ClN3O4S/c16-14-7-6-13(19(20)21)10-15(14)24(22,23)18(9-8-17)11-12-4-2-1-3-5-12/h1-7,10H,8-9,11,17H2. The summed E-state index contributed by atoms with van der Waals surface area (Å²) in [5.41, 5.74) is 5.96. The van der Waals surface area contributed by atoms with E-state index in [9.17, 15) is 18.5 Å². The van der Waals surface area contributed by atoms with E-state index in [-0.39, 0.29) is 35.2 Å². The summed E-state index contributed by atoms with van der Waals surface area (Å²) in [7, 11) is -4.03. The Balaban J connectivity index is 2.45. The molecule has 0 aliphatic heterocycles. The fourth-order valence-corrected chi connectivity index (χ4v) is 4.09. The predicted molar refractivity (Wildman–Crippen MR) is 91.2 cm³/mol. The molecule has 24 heavy (non-hydrogen) atoms. The lowest BCUT2D eigenvalue weighted by atomic mass is 10.2. The predicted octanol–water partition coefficient (Wildman–Crippen LogP) is 2.40. The van der Waals surface area contributed by atoms with Crippen LogP contribution in [0.15, 0.2) is 53.4 Å². The molecule has 0 spiro atoms. The van der Waals surface area contributed by atoms with Gasteiger partial charge in [0.25, 0.3) is 5.69 Å². The first kappa shape index (κ1) is 18.3. The van der Waals surface area contributed by atoms with Gasteiger partial charge in [-0.1, -0.05) is 41.9 Å². The van der Waals surface area contributed by atoms with Crippen LogP contribution in [0, 0.1) is 10.1 Å². The van der Waals surface area contributed by atoms with Crippen molar-refractivity contribution in [2.45, 2.75) is 11.4 Å². The van der Waals surface area contributed by atoms with Gasteiger partial charge in [0, 0.05) is 31.8 Å². The van der Waals surface area contributed by atoms with Gasteiger partial charge in [-0.25, -0.2) is 8.42 Å². The van der Waals surface area contributed by atoms with Crippen molar-refractivity contribution in [3.63, 3.8) is 0 Å². The van der Waals surface area contributed by atoms with E-state index in [1.54, 1.807) is 24.3 Å². The Hall–Kier alpha value is -2.00. The molecule has 0 aromatic heterocycles. The average Bonchev–Trinajstić information content (AvgIpc) is 2.55. The van der Waals surface area contributed by atoms with Crippen molar-refractivity contribution in [1.82, 2.24) is 4.31 Å². The van der Waals surface area contributed by atoms with Gasteiger partial charge in [-0.3, -0.25) is 10.1 Å². The Morgan fingerprint density at radius 1 is 1.17 bits per heavy atom. The first-order valence-corrected chi connectivity index (χ1v) is 8.86. The molecule has 0 unspecified atom stereocenters. The zero-order chi connectivity index (χ0) is 17.7. The summed E-state index contributed by atoms with van der Waals surface area (Å²) in [6, 6.07) is 12.3. The number of nitrogens with zero attached hydrogens (tertiary/aromatic N) is 2. The van der Waals surface area contributed by atoms with E-state index < -0.39 is 14.9 Å². The van der Waals surface area contributed by atoms with Crippen LogP contribution in [0.25, 0.3) is 0 Å². The second-order valence-corrected chi connectivity index (χ2v) is 7.30. The van der Waals surface area contributed by atoms with E-state index >= 15 is 0 Å². The third-order valence-electron chi connectivity index (χ3n) is 3.32. The van der Waals surface area contributed by atoms with Crippen molar-refractivity contribution in [3.05, 3.63) is 69.2 Å². The molecular formula is C15H16ClN3O4S. The van der Waals surface area contributed by atoms with Crippen LogP contribution in [0.3, 0.4) is 0 Å². The summed E-state index contributed by atoms with van der Waals surface area (Å²) in [5.74, 6) is 0. The zero-order valence-electron chi connectivity index (χ0n) is 12.6. The summed E-state index contributed by atoms with van der Waals surface area (Å²) in [5, 5.41) is 10.8. The number of sulfonamides is 1. The van der Waals surface area contributed by atoms with Gasteiger partial charge in [0.1, 0.15) is 4.90 Å². The maximum atomic E-state index is 12.9. The second kappa shape index (κ2) is 7.71. The summed E-state index contributed by atoms with van der Waals surface area (Å²) in [6.07, 6.45) is 0. The molecular weight excluding hydrogens is 354 g/mol. The first-order chi connectivity index (χ1) is 11.4. The van der Waals surface area contributed by atoms with Crippen LogP contribution in [0.1, 0.15) is 5.56 Å². The van der Waals surface area contributed by atoms with Crippen molar-refractivity contribution in [2.75, 3.05) is 13.1 Å². The molecule has 0 atom stereocenters. The van der Waals surface area contributed by atoms with Crippen LogP contribution in [-0.2, 0) is 16.6 Å². The average molecular weight is 370 g/mol. The van der Waals surface area contributed by atoms with Gasteiger partial charge in [-0.05, 0) is 11.6 Å². The Bertz CT molecular complexity index is 828. The fourth-order valence-electron chi connectivity index (χ4n) is 2.16. The number of halogens is 1. The van der Waals surface area contributed by atoms with Gasteiger partial charge < -0.3 is 5.73 Å². The molecule has 2 aromatic rings. The summed E-state index contributed by atoms with van der Waals surface area (Å²) in [4.78, 5) is 9.94. The first-order valence-electron chi connectivity index (χ1n) is 7.04. The quantitative estimate of drug-likeness (QED) is 0.595. The number of benzene rings is 2. The highest BCUT2D eigenvalue weighted by atomic mass is 35.5. The highest BCUT2D eigenvalue weighted by Gasteiger charge is 2.28. The lowest BCUT2D eigenvalue weighted by Gasteiger charge is -2.22. The highest BCUT2D eigenvalue weighted by Crippen LogP contribution is 2.29. The molecule has 2 aromatic carbocycles. The van der Waals surface area contributed by atoms with Gasteiger partial charge >= 0.3 is 0 Å². The molecule has 0 saturated carbocycles. The van der Waals surface area contributed by atoms with Gasteiger partial charge in [0.05, 0.1) is 9.95 Å². The number of nitro benzene ring substituents is 1. The number of nitro groups is 1. The Morgan fingerprint density at radius 2 is 1.83 bits per heavy atom. The van der Waals surface area contributed by atoms with Crippen LogP contribution in [0.2, 0.25) is 5.02 Å². The molecule has 0 heterocycles. The lowest BCUT2D eigenvalue weighted by molar-refractivity contribution is -0.385. The largest absolute Gasteiger partial charge is 0.329 e. The maximum absolute atomic E-state index is 12.9. The Labute approximate surface area is 144 Å². The third-order valence-corrected chi connectivity index (χ3v) is 5.65. The molecule has 7 nitrogen and oxygen atoms in total. The molecule has 0 amide bonds. The molecule has 0 fully saturated rings. The Kier molecular flexibility index (Phi) is 5.89. The molecule has 0 aliphatic carbocycles. The van der Waals surface area contributed by atoms with Gasteiger partial charge in [0.15, 0.2) is 0 Å². The molecule has 0 radical (unpaired) electrons. The van der Waals surface area contributed by atoms with Crippen molar-refractivity contribution in [1.29, 1.82) is 0 Å². The van der Waals surface area contributed by atoms with Crippen LogP contribution in [-0.4, -0.2) is 30.7 Å². The number of rotatable bonds is 7. The number of nitrogens with two attached hydrogens (primary N) is 1. The van der Waals surface area contributed by atoms with E-state index in [0.717, 1.165) is 22.0 Å². The summed E-state index contributed by atoms with van der Waals surface area (Å²) < 4.78 is 26.9. The van der Waals surface area contributed by atoms with E-state index in [0.29, 0.717) is 0 Å². The minimum absolute atomic E-state index is 0.0657. The molecule has 2 N–H and O–H groups in total. The van der Waals surface area contributed by atoms with E-state index in [4.69, 9.17) is 17.3 Å². The van der Waals surface area contributed by atoms with E-state index in [1.165, 1.54) is 6.07 Å². The van der Waals surface area contributed by atoms with Gasteiger partial charge in [0.2, 0.25) is 10.0 Å². The molecule has 128 valence electrons. The summed E-state index contributed by atoms with van der Waals surface area (Å²) in [6.45, 7) is 0.272. The monoisotopic (exact) mass is 369 g/mol. The van der Waals surface area contributed by atoms with Crippen LogP contribution in [0.4, 0.5) is 5.69 Å². The van der Waals surface area contributed by atoms with Gasteiger partial charge in [-0.15, -0.1) is 0 Å². The summed E-state index contributed by atoms with van der Waals surface area (Å²) >= 11 is 5.97.